The van der Waals surface area contributed by atoms with Crippen molar-refractivity contribution in [2.24, 2.45) is 0 Å². The van der Waals surface area contributed by atoms with Crippen LogP contribution in [0.2, 0.25) is 0 Å². The summed E-state index contributed by atoms with van der Waals surface area (Å²) in [6.45, 7) is 0. The van der Waals surface area contributed by atoms with Crippen molar-refractivity contribution in [1.29, 1.82) is 0 Å². The number of rotatable bonds is 7. The fraction of sp³-hybridized carbons (Fsp3) is 0.556. The van der Waals surface area contributed by atoms with Gasteiger partial charge in [0.2, 0.25) is 5.91 Å². The highest BCUT2D eigenvalue weighted by molar-refractivity contribution is 7.98. The number of amides is 1. The summed E-state index contributed by atoms with van der Waals surface area (Å²) in [5.41, 5.74) is 0.0357. The topological polar surface area (TPSA) is 103 Å². The van der Waals surface area contributed by atoms with Crippen molar-refractivity contribution < 1.29 is 4.79 Å². The molecule has 0 spiro atoms. The van der Waals surface area contributed by atoms with Crippen molar-refractivity contribution >= 4 is 23.3 Å². The maximum Gasteiger partial charge on any atom is 0.248 e. The first-order valence-corrected chi connectivity index (χ1v) is 11.0. The number of carbonyl (C=O) groups is 1. The lowest BCUT2D eigenvalue weighted by Gasteiger charge is -2.36. The molecule has 3 heterocycles. The first-order chi connectivity index (χ1) is 13.7. The Morgan fingerprint density at radius 3 is 2.89 bits per heavy atom. The van der Waals surface area contributed by atoms with Gasteiger partial charge in [-0.05, 0) is 53.8 Å². The number of aromatic nitrogens is 7. The number of thioether (sulfide) groups is 1. The number of hydrogen-bond acceptors (Lipinski definition) is 7. The van der Waals surface area contributed by atoms with Crippen LogP contribution in [0, 0.1) is 0 Å². The zero-order valence-electron chi connectivity index (χ0n) is 15.9. The molecule has 0 saturated heterocycles. The molecule has 28 heavy (non-hydrogen) atoms. The monoisotopic (exact) mass is 400 g/mol. The van der Waals surface area contributed by atoms with E-state index >= 15 is 0 Å². The minimum absolute atomic E-state index is 0.0433. The Balaban J connectivity index is 1.65. The second kappa shape index (κ2) is 8.26. The molecule has 148 valence electrons. The fourth-order valence-electron chi connectivity index (χ4n) is 3.95. The van der Waals surface area contributed by atoms with Gasteiger partial charge in [-0.25, -0.2) is 4.68 Å². The van der Waals surface area contributed by atoms with Crippen molar-refractivity contribution in [3.8, 4) is 0 Å². The molecule has 3 aromatic rings. The smallest absolute Gasteiger partial charge is 0.248 e. The molecule has 9 nitrogen and oxygen atoms in total. The summed E-state index contributed by atoms with van der Waals surface area (Å²) in [7, 11) is 0. The number of nitrogens with zero attached hydrogens (tertiary/aromatic N) is 7. The molecule has 4 rings (SSSR count). The third kappa shape index (κ3) is 3.48. The Morgan fingerprint density at radius 1 is 1.29 bits per heavy atom. The summed E-state index contributed by atoms with van der Waals surface area (Å²) < 4.78 is 3.57. The van der Waals surface area contributed by atoms with Crippen LogP contribution in [0.5, 0.6) is 0 Å². The molecule has 0 bridgehead atoms. The minimum atomic E-state index is -0.736. The summed E-state index contributed by atoms with van der Waals surface area (Å²) >= 11 is 1.75. The Kier molecular flexibility index (Phi) is 5.56. The lowest BCUT2D eigenvalue weighted by molar-refractivity contribution is -0.133. The van der Waals surface area contributed by atoms with Crippen LogP contribution in [-0.2, 0) is 10.3 Å². The molecule has 0 unspecified atom stereocenters. The third-order valence-corrected chi connectivity index (χ3v) is 6.10. The van der Waals surface area contributed by atoms with E-state index in [0.29, 0.717) is 0 Å². The van der Waals surface area contributed by atoms with Gasteiger partial charge >= 0.3 is 0 Å². The van der Waals surface area contributed by atoms with Crippen LogP contribution < -0.4 is 5.32 Å². The van der Waals surface area contributed by atoms with Gasteiger partial charge < -0.3 is 5.32 Å². The highest BCUT2D eigenvalue weighted by Gasteiger charge is 2.43. The largest absolute Gasteiger partial charge is 0.344 e. The summed E-state index contributed by atoms with van der Waals surface area (Å²) in [6.07, 6.45) is 10.9. The Morgan fingerprint density at radius 2 is 2.14 bits per heavy atom. The predicted octanol–water partition coefficient (Wildman–Crippen LogP) is 1.99. The molecule has 0 radical (unpaired) electrons. The van der Waals surface area contributed by atoms with Gasteiger partial charge in [0, 0.05) is 6.20 Å². The molecule has 1 amide bonds. The van der Waals surface area contributed by atoms with E-state index in [9.17, 15) is 4.79 Å². The molecule has 1 fully saturated rings. The Hall–Kier alpha value is -2.49. The molecule has 0 aromatic carbocycles. The van der Waals surface area contributed by atoms with Crippen molar-refractivity contribution in [2.45, 2.75) is 50.1 Å². The van der Waals surface area contributed by atoms with Gasteiger partial charge in [-0.15, -0.1) is 15.3 Å². The van der Waals surface area contributed by atoms with Crippen LogP contribution >= 0.6 is 11.8 Å². The molecular formula is C18H24N8OS. The van der Waals surface area contributed by atoms with E-state index in [1.54, 1.807) is 22.8 Å². The lowest BCUT2D eigenvalue weighted by atomic mass is 9.80. The first kappa shape index (κ1) is 18.9. The van der Waals surface area contributed by atoms with Gasteiger partial charge in [-0.3, -0.25) is 9.20 Å². The van der Waals surface area contributed by atoms with Crippen LogP contribution in [-0.4, -0.2) is 52.7 Å². The SMILES string of the molecule is CSCC[C@@H](NC(=O)C1(n2cnnn2)CCCCC1)c1nnc2ccccn12. The highest BCUT2D eigenvalue weighted by Crippen LogP contribution is 2.35. The summed E-state index contributed by atoms with van der Waals surface area (Å²) in [6, 6.07) is 5.55. The average molecular weight is 401 g/mol. The third-order valence-electron chi connectivity index (χ3n) is 5.46. The number of nitrogens with one attached hydrogen (secondary N) is 1. The van der Waals surface area contributed by atoms with Gasteiger partial charge in [0.25, 0.3) is 0 Å². The number of tetrazole rings is 1. The zero-order valence-corrected chi connectivity index (χ0v) is 16.7. The van der Waals surface area contributed by atoms with Crippen molar-refractivity contribution in [3.63, 3.8) is 0 Å². The molecule has 1 atom stereocenters. The zero-order chi connectivity index (χ0) is 19.4. The molecule has 0 aliphatic heterocycles. The van der Waals surface area contributed by atoms with Crippen molar-refractivity contribution in [2.75, 3.05) is 12.0 Å². The van der Waals surface area contributed by atoms with Gasteiger partial charge in [0.15, 0.2) is 11.5 Å². The summed E-state index contributed by atoms with van der Waals surface area (Å²) in [5.74, 6) is 1.61. The van der Waals surface area contributed by atoms with Gasteiger partial charge in [-0.1, -0.05) is 25.3 Å². The van der Waals surface area contributed by atoms with Crippen molar-refractivity contribution in [1.82, 2.24) is 40.1 Å². The molecule has 10 heteroatoms. The molecule has 1 aliphatic rings. The van der Waals surface area contributed by atoms with Crippen LogP contribution in [0.4, 0.5) is 0 Å². The Bertz CT molecular complexity index is 919. The van der Waals surface area contributed by atoms with E-state index in [-0.39, 0.29) is 11.9 Å². The minimum Gasteiger partial charge on any atom is -0.344 e. The quantitative estimate of drug-likeness (QED) is 0.647. The van der Waals surface area contributed by atoms with E-state index in [2.05, 4.69) is 37.3 Å². The summed E-state index contributed by atoms with van der Waals surface area (Å²) in [4.78, 5) is 13.5. The molecule has 1 N–H and O–H groups in total. The number of fused-ring (bicyclic) bond motifs is 1. The molecule has 3 aromatic heterocycles. The van der Waals surface area contributed by atoms with Crippen LogP contribution in [0.1, 0.15) is 50.4 Å². The van der Waals surface area contributed by atoms with E-state index in [1.165, 1.54) is 0 Å². The van der Waals surface area contributed by atoms with Crippen molar-refractivity contribution in [3.05, 3.63) is 36.5 Å². The normalized spacial score (nSPS) is 17.5. The number of pyridine rings is 1. The fourth-order valence-corrected chi connectivity index (χ4v) is 4.42. The molecule has 1 saturated carbocycles. The van der Waals surface area contributed by atoms with E-state index in [0.717, 1.165) is 55.7 Å². The second-order valence-electron chi connectivity index (χ2n) is 7.14. The summed E-state index contributed by atoms with van der Waals surface area (Å²) in [5, 5.41) is 23.5. The van der Waals surface area contributed by atoms with E-state index in [1.807, 2.05) is 28.8 Å². The van der Waals surface area contributed by atoms with Crippen LogP contribution in [0.25, 0.3) is 5.65 Å². The maximum absolute atomic E-state index is 13.5. The van der Waals surface area contributed by atoms with Gasteiger partial charge in [0.1, 0.15) is 11.9 Å². The standard InChI is InChI=1S/C18H24N8OS/c1-28-12-8-14(16-22-21-15-7-3-6-11-25(15)16)20-17(27)18(9-4-2-5-10-18)26-13-19-23-24-26/h3,6-7,11,13-14H,2,4-5,8-10,12H2,1H3,(H,20,27)/t14-/m1/s1. The lowest BCUT2D eigenvalue weighted by Crippen LogP contribution is -2.51. The predicted molar refractivity (Wildman–Crippen MR) is 106 cm³/mol. The van der Waals surface area contributed by atoms with Gasteiger partial charge in [-0.2, -0.15) is 11.8 Å². The highest BCUT2D eigenvalue weighted by atomic mass is 32.2. The number of hydrogen-bond donors (Lipinski definition) is 1. The van der Waals surface area contributed by atoms with Crippen LogP contribution in [0.3, 0.4) is 0 Å². The molecule has 1 aliphatic carbocycles. The van der Waals surface area contributed by atoms with E-state index in [4.69, 9.17) is 0 Å². The van der Waals surface area contributed by atoms with E-state index < -0.39 is 5.54 Å². The first-order valence-electron chi connectivity index (χ1n) is 9.58. The maximum atomic E-state index is 13.5. The average Bonchev–Trinajstić information content (AvgIpc) is 3.42. The van der Waals surface area contributed by atoms with Crippen LogP contribution in [0.15, 0.2) is 30.7 Å². The Labute approximate surface area is 167 Å². The van der Waals surface area contributed by atoms with Gasteiger partial charge in [0.05, 0.1) is 6.04 Å². The number of carbonyl (C=O) groups excluding carboxylic acids is 1. The second-order valence-corrected chi connectivity index (χ2v) is 8.13. The molecular weight excluding hydrogens is 376 g/mol.